The number of furan rings is 1. The largest absolute Gasteiger partial charge is 0.456 e. The molecular formula is C14H13FN2OS. The van der Waals surface area contributed by atoms with Crippen molar-refractivity contribution >= 4 is 22.3 Å². The van der Waals surface area contributed by atoms with Gasteiger partial charge < -0.3 is 4.42 Å². The Balaban J connectivity index is 1.95. The molecule has 0 fully saturated rings. The van der Waals surface area contributed by atoms with Crippen molar-refractivity contribution in [3.05, 3.63) is 58.2 Å². The molecule has 3 nitrogen and oxygen atoms in total. The van der Waals surface area contributed by atoms with E-state index < -0.39 is 0 Å². The highest BCUT2D eigenvalue weighted by molar-refractivity contribution is 7.09. The van der Waals surface area contributed by atoms with Gasteiger partial charge in [0.1, 0.15) is 5.76 Å². The second kappa shape index (κ2) is 5.13. The van der Waals surface area contributed by atoms with Crippen LogP contribution in [0.1, 0.15) is 16.7 Å². The lowest BCUT2D eigenvalue weighted by Crippen LogP contribution is -2.29. The predicted octanol–water partition coefficient (Wildman–Crippen LogP) is 3.38. The molecule has 3 rings (SSSR count). The maximum absolute atomic E-state index is 13.6. The maximum Gasteiger partial charge on any atom is 0.169 e. The molecule has 0 saturated carbocycles. The monoisotopic (exact) mass is 276 g/mol. The number of benzene rings is 1. The quantitative estimate of drug-likeness (QED) is 0.567. The van der Waals surface area contributed by atoms with Crippen LogP contribution in [0.25, 0.3) is 11.0 Å². The third-order valence-electron chi connectivity index (χ3n) is 3.05. The summed E-state index contributed by atoms with van der Waals surface area (Å²) in [4.78, 5) is 1.20. The molecule has 3 N–H and O–H groups in total. The molecule has 1 atom stereocenters. The summed E-state index contributed by atoms with van der Waals surface area (Å²) in [6.07, 6.45) is 0.718. The SMILES string of the molecule is NNC(Cc1cccs1)c1cc2cccc(F)c2o1. The van der Waals surface area contributed by atoms with Crippen LogP contribution in [0.3, 0.4) is 0 Å². The molecule has 0 aliphatic heterocycles. The number of hydrogen-bond acceptors (Lipinski definition) is 4. The Kier molecular flexibility index (Phi) is 3.33. The lowest BCUT2D eigenvalue weighted by Gasteiger charge is -2.11. The highest BCUT2D eigenvalue weighted by Gasteiger charge is 2.17. The zero-order valence-electron chi connectivity index (χ0n) is 10.1. The topological polar surface area (TPSA) is 51.2 Å². The molecule has 0 spiro atoms. The lowest BCUT2D eigenvalue weighted by atomic mass is 10.1. The second-order valence-electron chi connectivity index (χ2n) is 4.31. The fourth-order valence-corrected chi connectivity index (χ4v) is 2.84. The molecule has 0 bridgehead atoms. The van der Waals surface area contributed by atoms with Gasteiger partial charge in [-0.15, -0.1) is 11.3 Å². The summed E-state index contributed by atoms with van der Waals surface area (Å²) in [6, 6.07) is 10.6. The molecule has 0 aliphatic rings. The van der Waals surface area contributed by atoms with Gasteiger partial charge in [0.25, 0.3) is 0 Å². The minimum Gasteiger partial charge on any atom is -0.456 e. The van der Waals surface area contributed by atoms with Crippen LogP contribution in [0, 0.1) is 5.82 Å². The minimum absolute atomic E-state index is 0.162. The molecule has 5 heteroatoms. The van der Waals surface area contributed by atoms with Crippen molar-refractivity contribution < 1.29 is 8.81 Å². The van der Waals surface area contributed by atoms with Gasteiger partial charge in [-0.1, -0.05) is 18.2 Å². The van der Waals surface area contributed by atoms with Crippen LogP contribution in [0.4, 0.5) is 4.39 Å². The first-order valence-electron chi connectivity index (χ1n) is 5.94. The molecule has 0 saturated heterocycles. The van der Waals surface area contributed by atoms with Crippen molar-refractivity contribution in [1.29, 1.82) is 0 Å². The van der Waals surface area contributed by atoms with E-state index in [2.05, 4.69) is 5.43 Å². The molecule has 98 valence electrons. The summed E-state index contributed by atoms with van der Waals surface area (Å²) in [5.41, 5.74) is 3.01. The molecule has 3 aromatic rings. The molecule has 2 heterocycles. The summed E-state index contributed by atoms with van der Waals surface area (Å²) >= 11 is 1.66. The first-order valence-corrected chi connectivity index (χ1v) is 6.82. The van der Waals surface area contributed by atoms with E-state index in [1.54, 1.807) is 17.4 Å². The van der Waals surface area contributed by atoms with Gasteiger partial charge in [-0.2, -0.15) is 0 Å². The zero-order valence-corrected chi connectivity index (χ0v) is 10.9. The van der Waals surface area contributed by atoms with Crippen LogP contribution >= 0.6 is 11.3 Å². The maximum atomic E-state index is 13.6. The van der Waals surface area contributed by atoms with Crippen LogP contribution < -0.4 is 11.3 Å². The average molecular weight is 276 g/mol. The van der Waals surface area contributed by atoms with Gasteiger partial charge in [0.05, 0.1) is 6.04 Å². The first kappa shape index (κ1) is 12.3. The van der Waals surface area contributed by atoms with Crippen molar-refractivity contribution in [2.45, 2.75) is 12.5 Å². The van der Waals surface area contributed by atoms with E-state index in [9.17, 15) is 4.39 Å². The fraction of sp³-hybridized carbons (Fsp3) is 0.143. The van der Waals surface area contributed by atoms with Crippen molar-refractivity contribution in [1.82, 2.24) is 5.43 Å². The van der Waals surface area contributed by atoms with Crippen molar-refractivity contribution in [3.8, 4) is 0 Å². The van der Waals surface area contributed by atoms with Crippen LogP contribution in [0.5, 0.6) is 0 Å². The van der Waals surface area contributed by atoms with E-state index in [-0.39, 0.29) is 17.4 Å². The second-order valence-corrected chi connectivity index (χ2v) is 5.34. The third-order valence-corrected chi connectivity index (χ3v) is 3.94. The number of hydrogen-bond donors (Lipinski definition) is 2. The van der Waals surface area contributed by atoms with Gasteiger partial charge >= 0.3 is 0 Å². The molecule has 0 amide bonds. The highest BCUT2D eigenvalue weighted by atomic mass is 32.1. The summed E-state index contributed by atoms with van der Waals surface area (Å²) in [5, 5.41) is 2.77. The van der Waals surface area contributed by atoms with Gasteiger partial charge in [0.15, 0.2) is 11.4 Å². The Labute approximate surface area is 113 Å². The number of halogens is 1. The number of thiophene rings is 1. The smallest absolute Gasteiger partial charge is 0.169 e. The number of fused-ring (bicyclic) bond motifs is 1. The highest BCUT2D eigenvalue weighted by Crippen LogP contribution is 2.28. The predicted molar refractivity (Wildman–Crippen MR) is 74.3 cm³/mol. The first-order chi connectivity index (χ1) is 9.28. The van der Waals surface area contributed by atoms with Crippen molar-refractivity contribution in [2.75, 3.05) is 0 Å². The molecule has 0 radical (unpaired) electrons. The Hall–Kier alpha value is -1.69. The van der Waals surface area contributed by atoms with E-state index in [0.29, 0.717) is 5.76 Å². The number of nitrogens with two attached hydrogens (primary N) is 1. The number of nitrogens with one attached hydrogen (secondary N) is 1. The Morgan fingerprint density at radius 1 is 1.32 bits per heavy atom. The van der Waals surface area contributed by atoms with Crippen LogP contribution in [0.2, 0.25) is 0 Å². The third kappa shape index (κ3) is 2.40. The summed E-state index contributed by atoms with van der Waals surface area (Å²) in [7, 11) is 0. The molecule has 1 aromatic carbocycles. The molecule has 19 heavy (non-hydrogen) atoms. The average Bonchev–Trinajstić information content (AvgIpc) is 3.05. The molecule has 0 aliphatic carbocycles. The van der Waals surface area contributed by atoms with E-state index in [4.69, 9.17) is 10.3 Å². The van der Waals surface area contributed by atoms with Crippen LogP contribution in [-0.4, -0.2) is 0 Å². The molecule has 2 aromatic heterocycles. The summed E-state index contributed by atoms with van der Waals surface area (Å²) in [6.45, 7) is 0. The van der Waals surface area contributed by atoms with E-state index in [1.807, 2.05) is 29.6 Å². The molecule has 1 unspecified atom stereocenters. The zero-order chi connectivity index (χ0) is 13.2. The van der Waals surface area contributed by atoms with Gasteiger partial charge in [0.2, 0.25) is 0 Å². The summed E-state index contributed by atoms with van der Waals surface area (Å²) < 4.78 is 19.2. The van der Waals surface area contributed by atoms with Crippen molar-refractivity contribution in [2.24, 2.45) is 5.84 Å². The Morgan fingerprint density at radius 3 is 2.89 bits per heavy atom. The van der Waals surface area contributed by atoms with Crippen LogP contribution in [-0.2, 0) is 6.42 Å². The normalized spacial score (nSPS) is 12.9. The van der Waals surface area contributed by atoms with E-state index in [1.165, 1.54) is 10.9 Å². The number of rotatable bonds is 4. The van der Waals surface area contributed by atoms with Crippen LogP contribution in [0.15, 0.2) is 46.2 Å². The van der Waals surface area contributed by atoms with Gasteiger partial charge in [-0.25, -0.2) is 9.82 Å². The lowest BCUT2D eigenvalue weighted by molar-refractivity contribution is 0.429. The fourth-order valence-electron chi connectivity index (χ4n) is 2.09. The standard InChI is InChI=1S/C14H13FN2OS/c15-11-5-1-3-9-7-13(18-14(9)11)12(17-16)8-10-4-2-6-19-10/h1-7,12,17H,8,16H2. The number of hydrazine groups is 1. The Bertz CT molecular complexity index is 678. The van der Waals surface area contributed by atoms with Gasteiger partial charge in [0, 0.05) is 16.7 Å². The minimum atomic E-state index is -0.351. The van der Waals surface area contributed by atoms with E-state index in [0.717, 1.165) is 11.8 Å². The summed E-state index contributed by atoms with van der Waals surface area (Å²) in [5.74, 6) is 5.88. The van der Waals surface area contributed by atoms with Gasteiger partial charge in [-0.05, 0) is 23.6 Å². The molecular weight excluding hydrogens is 263 g/mol. The van der Waals surface area contributed by atoms with Gasteiger partial charge in [-0.3, -0.25) is 5.84 Å². The van der Waals surface area contributed by atoms with Crippen molar-refractivity contribution in [3.63, 3.8) is 0 Å². The number of para-hydroxylation sites is 1. The van der Waals surface area contributed by atoms with E-state index >= 15 is 0 Å². The Morgan fingerprint density at radius 2 is 2.21 bits per heavy atom.